The Kier molecular flexibility index (Phi) is 3.34. The molecule has 6 N–H and O–H groups in total. The first-order chi connectivity index (χ1) is 9.95. The van der Waals surface area contributed by atoms with Crippen molar-refractivity contribution in [3.8, 4) is 6.01 Å². The Morgan fingerprint density at radius 3 is 2.90 bits per heavy atom. The van der Waals surface area contributed by atoms with Gasteiger partial charge in [-0.1, -0.05) is 11.6 Å². The van der Waals surface area contributed by atoms with Crippen molar-refractivity contribution < 1.29 is 24.8 Å². The van der Waals surface area contributed by atoms with Crippen molar-refractivity contribution in [2.45, 2.75) is 23.6 Å². The molecule has 1 aliphatic heterocycles. The molecule has 2 aromatic heterocycles. The van der Waals surface area contributed by atoms with Gasteiger partial charge >= 0.3 is 6.01 Å². The minimum atomic E-state index is -2.07. The molecule has 2 aromatic rings. The number of nitrogens with two attached hydrogens (primary N) is 1. The first-order valence-corrected chi connectivity index (χ1v) is 6.30. The number of alkyl halides is 1. The summed E-state index contributed by atoms with van der Waals surface area (Å²) in [5.74, 6) is 0.0642. The zero-order valence-corrected chi connectivity index (χ0v) is 11.2. The van der Waals surface area contributed by atoms with Gasteiger partial charge < -0.3 is 35.5 Å². The quantitative estimate of drug-likeness (QED) is 0.416. The van der Waals surface area contributed by atoms with Crippen LogP contribution in [-0.4, -0.2) is 65.4 Å². The van der Waals surface area contributed by atoms with Gasteiger partial charge in [-0.25, -0.2) is 4.98 Å². The van der Waals surface area contributed by atoms with Crippen LogP contribution in [0, 0.1) is 0 Å². The van der Waals surface area contributed by atoms with Gasteiger partial charge in [0.2, 0.25) is 6.29 Å². The van der Waals surface area contributed by atoms with E-state index in [1.165, 1.54) is 6.33 Å². The number of rotatable bonds is 3. The summed E-state index contributed by atoms with van der Waals surface area (Å²) in [6, 6.07) is -0.289. The largest absolute Gasteiger partial charge is 0.432 e. The molecule has 0 bridgehead atoms. The van der Waals surface area contributed by atoms with E-state index in [-0.39, 0.29) is 17.5 Å². The van der Waals surface area contributed by atoms with E-state index in [1.54, 1.807) is 0 Å². The van der Waals surface area contributed by atoms with Crippen LogP contribution in [0.4, 0.5) is 5.82 Å². The molecule has 3 heterocycles. The van der Waals surface area contributed by atoms with Gasteiger partial charge in [0.05, 0.1) is 12.9 Å². The first-order valence-electron chi connectivity index (χ1n) is 5.92. The van der Waals surface area contributed by atoms with E-state index < -0.39 is 30.2 Å². The Balaban J connectivity index is 1.93. The third-order valence-electron chi connectivity index (χ3n) is 3.12. The van der Waals surface area contributed by atoms with Gasteiger partial charge in [-0.05, 0) is 0 Å². The average Bonchev–Trinajstić information content (AvgIpc) is 2.98. The highest BCUT2D eigenvalue weighted by atomic mass is 35.5. The number of nitrogen functional groups attached to an aromatic ring is 1. The van der Waals surface area contributed by atoms with Crippen molar-refractivity contribution in [2.24, 2.45) is 0 Å². The van der Waals surface area contributed by atoms with Crippen molar-refractivity contribution in [1.29, 1.82) is 0 Å². The summed E-state index contributed by atoms with van der Waals surface area (Å²) in [7, 11) is 0. The van der Waals surface area contributed by atoms with E-state index >= 15 is 0 Å². The maximum Gasteiger partial charge on any atom is 0.322 e. The highest BCUT2D eigenvalue weighted by Gasteiger charge is 2.57. The van der Waals surface area contributed by atoms with E-state index in [1.807, 2.05) is 0 Å². The van der Waals surface area contributed by atoms with Gasteiger partial charge in [-0.3, -0.25) is 0 Å². The minimum absolute atomic E-state index is 0.0642. The lowest BCUT2D eigenvalue weighted by atomic mass is 10.1. The Hall–Kier alpha value is -1.72. The standard InChI is InChI=1S/C10H12ClN5O5/c11-10(5(18)3(1-17)20-8(10)19)21-9-15-6(12)4-7(16-9)14-2-13-4/h2-3,5,8,17-19H,1H2,(H3,12,13,14,15,16)/t3-,5-,8-,10-/m1/s1. The Labute approximate surface area is 122 Å². The number of aliphatic hydroxyl groups excluding tert-OH is 3. The summed E-state index contributed by atoms with van der Waals surface area (Å²) < 4.78 is 10.2. The first kappa shape index (κ1) is 14.2. The van der Waals surface area contributed by atoms with Crippen LogP contribution >= 0.6 is 11.6 Å². The molecular weight excluding hydrogens is 306 g/mol. The number of hydrogen-bond donors (Lipinski definition) is 5. The molecular formula is C10H12ClN5O5. The number of aromatic amines is 1. The van der Waals surface area contributed by atoms with E-state index in [9.17, 15) is 10.2 Å². The molecule has 0 aromatic carbocycles. The number of nitrogens with one attached hydrogen (secondary N) is 1. The number of nitrogens with zero attached hydrogens (tertiary/aromatic N) is 3. The topological polar surface area (TPSA) is 160 Å². The predicted octanol–water partition coefficient (Wildman–Crippen LogP) is -1.68. The molecule has 4 atom stereocenters. The second kappa shape index (κ2) is 4.93. The lowest BCUT2D eigenvalue weighted by molar-refractivity contribution is -0.140. The van der Waals surface area contributed by atoms with Crippen molar-refractivity contribution in [3.63, 3.8) is 0 Å². The highest BCUT2D eigenvalue weighted by Crippen LogP contribution is 2.37. The third kappa shape index (κ3) is 2.17. The van der Waals surface area contributed by atoms with Crippen molar-refractivity contribution in [3.05, 3.63) is 6.33 Å². The van der Waals surface area contributed by atoms with Crippen LogP contribution in [0.1, 0.15) is 0 Å². The summed E-state index contributed by atoms with van der Waals surface area (Å²) in [6.45, 7) is -0.544. The van der Waals surface area contributed by atoms with Crippen molar-refractivity contribution >= 4 is 28.6 Å². The van der Waals surface area contributed by atoms with E-state index in [0.29, 0.717) is 5.52 Å². The molecule has 1 aliphatic rings. The molecule has 0 aliphatic carbocycles. The van der Waals surface area contributed by atoms with Gasteiger partial charge in [0.25, 0.3) is 5.06 Å². The highest BCUT2D eigenvalue weighted by molar-refractivity contribution is 6.24. The molecule has 114 valence electrons. The minimum Gasteiger partial charge on any atom is -0.432 e. The number of aromatic nitrogens is 4. The molecule has 1 fully saturated rings. The summed E-state index contributed by atoms with van der Waals surface area (Å²) in [5, 5.41) is 26.7. The van der Waals surface area contributed by atoms with Gasteiger partial charge in [0.1, 0.15) is 17.7 Å². The summed E-state index contributed by atoms with van der Waals surface area (Å²) >= 11 is 6.05. The van der Waals surface area contributed by atoms with Crippen LogP contribution in [0.2, 0.25) is 0 Å². The Morgan fingerprint density at radius 1 is 1.48 bits per heavy atom. The molecule has 0 saturated carbocycles. The molecule has 0 radical (unpaired) electrons. The predicted molar refractivity (Wildman–Crippen MR) is 69.3 cm³/mol. The molecule has 21 heavy (non-hydrogen) atoms. The lowest BCUT2D eigenvalue weighted by Crippen LogP contribution is -2.49. The SMILES string of the molecule is Nc1nc(O[C@@]2(Cl)[C@H](O)O[C@H](CO)[C@H]2O)nc2nc[nH]c12. The number of fused-ring (bicyclic) bond motifs is 1. The zero-order valence-electron chi connectivity index (χ0n) is 10.5. The maximum atomic E-state index is 9.97. The number of H-pyrrole nitrogens is 1. The van der Waals surface area contributed by atoms with Gasteiger partial charge in [0.15, 0.2) is 11.5 Å². The molecule has 0 unspecified atom stereocenters. The molecule has 1 saturated heterocycles. The second-order valence-corrected chi connectivity index (χ2v) is 5.04. The van der Waals surface area contributed by atoms with Crippen molar-refractivity contribution in [1.82, 2.24) is 19.9 Å². The van der Waals surface area contributed by atoms with Gasteiger partial charge in [-0.2, -0.15) is 9.97 Å². The van der Waals surface area contributed by atoms with Gasteiger partial charge in [0, 0.05) is 0 Å². The van der Waals surface area contributed by atoms with E-state index in [4.69, 9.17) is 31.9 Å². The molecule has 0 spiro atoms. The summed E-state index contributed by atoms with van der Waals surface area (Å²) in [4.78, 5) is 14.4. The molecule has 10 nitrogen and oxygen atoms in total. The number of hydrogen-bond acceptors (Lipinski definition) is 9. The smallest absolute Gasteiger partial charge is 0.322 e. The number of anilines is 1. The second-order valence-electron chi connectivity index (χ2n) is 4.45. The monoisotopic (exact) mass is 317 g/mol. The normalized spacial score (nSPS) is 32.7. The third-order valence-corrected chi connectivity index (χ3v) is 3.60. The fourth-order valence-corrected chi connectivity index (χ4v) is 2.27. The van der Waals surface area contributed by atoms with E-state index in [0.717, 1.165) is 0 Å². The molecule has 3 rings (SSSR count). The number of halogens is 1. The zero-order chi connectivity index (χ0) is 15.2. The van der Waals surface area contributed by atoms with Gasteiger partial charge in [-0.15, -0.1) is 0 Å². The van der Waals surface area contributed by atoms with Crippen molar-refractivity contribution in [2.75, 3.05) is 12.3 Å². The maximum absolute atomic E-state index is 9.97. The number of aliphatic hydroxyl groups is 3. The lowest BCUT2D eigenvalue weighted by Gasteiger charge is -2.26. The van der Waals surface area contributed by atoms with Crippen LogP contribution in [-0.2, 0) is 4.74 Å². The van der Waals surface area contributed by atoms with Crippen LogP contribution in [0.5, 0.6) is 6.01 Å². The van der Waals surface area contributed by atoms with E-state index in [2.05, 4.69) is 19.9 Å². The molecule has 11 heteroatoms. The fourth-order valence-electron chi connectivity index (χ4n) is 2.01. The fraction of sp³-hybridized carbons (Fsp3) is 0.500. The van der Waals surface area contributed by atoms with Crippen LogP contribution in [0.25, 0.3) is 11.2 Å². The van der Waals surface area contributed by atoms with Crippen LogP contribution < -0.4 is 10.5 Å². The number of ether oxygens (including phenoxy) is 2. The van der Waals surface area contributed by atoms with Crippen LogP contribution in [0.15, 0.2) is 6.33 Å². The summed E-state index contributed by atoms with van der Waals surface area (Å²) in [6.07, 6.45) is -2.91. The number of imidazole rings is 1. The average molecular weight is 318 g/mol. The summed E-state index contributed by atoms with van der Waals surface area (Å²) in [5.41, 5.74) is 6.35. The molecule has 0 amide bonds. The van der Waals surface area contributed by atoms with Crippen LogP contribution in [0.3, 0.4) is 0 Å². The Morgan fingerprint density at radius 2 is 2.24 bits per heavy atom. The Bertz CT molecular complexity index is 668.